The molecule has 0 spiro atoms. The topological polar surface area (TPSA) is 68.0 Å². The summed E-state index contributed by atoms with van der Waals surface area (Å²) in [5, 5.41) is 4.65. The minimum atomic E-state index is -0.0213. The number of aromatic nitrogens is 1. The van der Waals surface area contributed by atoms with Gasteiger partial charge in [0.25, 0.3) is 5.91 Å². The van der Waals surface area contributed by atoms with Crippen LogP contribution in [0.1, 0.15) is 60.5 Å². The summed E-state index contributed by atoms with van der Waals surface area (Å²) in [5.74, 6) is 0.483. The van der Waals surface area contributed by atoms with Gasteiger partial charge in [0.1, 0.15) is 0 Å². The van der Waals surface area contributed by atoms with Crippen LogP contribution in [-0.4, -0.2) is 23.0 Å². The van der Waals surface area contributed by atoms with Gasteiger partial charge in [-0.25, -0.2) is 0 Å². The minimum Gasteiger partial charge on any atom is -0.349 e. The lowest BCUT2D eigenvalue weighted by molar-refractivity contribution is 0.0927. The van der Waals surface area contributed by atoms with E-state index in [0.29, 0.717) is 16.5 Å². The monoisotopic (exact) mass is 415 g/mol. The summed E-state index contributed by atoms with van der Waals surface area (Å²) in [6.45, 7) is 0. The third-order valence-corrected chi connectivity index (χ3v) is 5.37. The van der Waals surface area contributed by atoms with E-state index in [1.807, 2.05) is 24.3 Å². The Hall–Kier alpha value is -1.07. The van der Waals surface area contributed by atoms with E-state index in [0.717, 1.165) is 55.1 Å². The molecule has 1 heterocycles. The zero-order valence-electron chi connectivity index (χ0n) is 14.4. The second-order valence-electron chi connectivity index (χ2n) is 7.12. The molecule has 7 heteroatoms. The average molecular weight is 417 g/mol. The van der Waals surface area contributed by atoms with Crippen LogP contribution in [0.4, 0.5) is 0 Å². The highest BCUT2D eigenvalue weighted by Gasteiger charge is 2.28. The summed E-state index contributed by atoms with van der Waals surface area (Å²) in [6, 6.07) is 8.02. The fraction of sp³-hybridized carbons (Fsp3) is 0.474. The number of halogens is 3. The molecule has 0 bridgehead atoms. The number of pyridine rings is 1. The Morgan fingerprint density at radius 1 is 1.08 bits per heavy atom. The maximum absolute atomic E-state index is 12.9. The van der Waals surface area contributed by atoms with Crippen LogP contribution < -0.4 is 11.1 Å². The quantitative estimate of drug-likeness (QED) is 0.767. The number of carbonyl (C=O) groups is 1. The molecule has 4 rings (SSSR count). The Kier molecular flexibility index (Phi) is 7.14. The van der Waals surface area contributed by atoms with Crippen molar-refractivity contribution < 1.29 is 4.79 Å². The van der Waals surface area contributed by atoms with Gasteiger partial charge in [-0.1, -0.05) is 11.6 Å². The number of fused-ring (bicyclic) bond motifs is 1. The molecular weight excluding hydrogens is 393 g/mol. The van der Waals surface area contributed by atoms with Crippen molar-refractivity contribution >= 4 is 53.2 Å². The van der Waals surface area contributed by atoms with Crippen molar-refractivity contribution in [3.05, 3.63) is 40.5 Å². The van der Waals surface area contributed by atoms with Gasteiger partial charge < -0.3 is 11.1 Å². The molecule has 2 saturated carbocycles. The van der Waals surface area contributed by atoms with E-state index in [1.165, 1.54) is 0 Å². The molecule has 1 aromatic heterocycles. The number of nitrogens with one attached hydrogen (secondary N) is 1. The second-order valence-corrected chi connectivity index (χ2v) is 7.55. The Morgan fingerprint density at radius 2 is 1.77 bits per heavy atom. The molecule has 0 unspecified atom stereocenters. The largest absolute Gasteiger partial charge is 0.349 e. The summed E-state index contributed by atoms with van der Waals surface area (Å²) in [5.41, 5.74) is 8.52. The summed E-state index contributed by atoms with van der Waals surface area (Å²) in [7, 11) is 0. The van der Waals surface area contributed by atoms with Crippen LogP contribution in [0.2, 0.25) is 5.02 Å². The van der Waals surface area contributed by atoms with Gasteiger partial charge in [0.15, 0.2) is 0 Å². The first kappa shape index (κ1) is 21.2. The maximum atomic E-state index is 12.9. The van der Waals surface area contributed by atoms with Gasteiger partial charge in [-0.2, -0.15) is 0 Å². The van der Waals surface area contributed by atoms with Crippen molar-refractivity contribution in [2.24, 2.45) is 5.73 Å². The summed E-state index contributed by atoms with van der Waals surface area (Å²) in [6.07, 6.45) is 6.17. The zero-order valence-corrected chi connectivity index (χ0v) is 16.8. The first-order valence-electron chi connectivity index (χ1n) is 8.77. The molecule has 2 fully saturated rings. The molecule has 0 aliphatic heterocycles. The molecule has 3 N–H and O–H groups in total. The number of hydrogen-bond donors (Lipinski definition) is 2. The van der Waals surface area contributed by atoms with Crippen LogP contribution in [0.15, 0.2) is 24.3 Å². The van der Waals surface area contributed by atoms with E-state index >= 15 is 0 Å². The summed E-state index contributed by atoms with van der Waals surface area (Å²) < 4.78 is 0. The number of nitrogens with two attached hydrogens (primary N) is 1. The van der Waals surface area contributed by atoms with Crippen molar-refractivity contribution in [1.82, 2.24) is 10.3 Å². The molecule has 0 atom stereocenters. The Bertz CT molecular complexity index is 787. The molecule has 26 heavy (non-hydrogen) atoms. The van der Waals surface area contributed by atoms with Gasteiger partial charge in [0.2, 0.25) is 0 Å². The highest BCUT2D eigenvalue weighted by atomic mass is 35.5. The van der Waals surface area contributed by atoms with Crippen molar-refractivity contribution in [3.63, 3.8) is 0 Å². The first-order chi connectivity index (χ1) is 11.6. The summed E-state index contributed by atoms with van der Waals surface area (Å²) in [4.78, 5) is 17.6. The van der Waals surface area contributed by atoms with E-state index in [2.05, 4.69) is 5.32 Å². The minimum absolute atomic E-state index is 0. The molecule has 4 nitrogen and oxygen atoms in total. The van der Waals surface area contributed by atoms with E-state index in [1.54, 1.807) is 0 Å². The number of carbonyl (C=O) groups excluding carboxylic acids is 1. The van der Waals surface area contributed by atoms with Crippen molar-refractivity contribution in [2.45, 2.75) is 56.5 Å². The molecule has 1 aromatic carbocycles. The Labute approximate surface area is 171 Å². The predicted octanol–water partition coefficient (Wildman–Crippen LogP) is 4.61. The predicted molar refractivity (Wildman–Crippen MR) is 111 cm³/mol. The van der Waals surface area contributed by atoms with E-state index in [9.17, 15) is 4.79 Å². The number of hydrogen-bond acceptors (Lipinski definition) is 3. The van der Waals surface area contributed by atoms with Gasteiger partial charge in [-0.3, -0.25) is 9.78 Å². The van der Waals surface area contributed by atoms with Crippen LogP contribution in [0.5, 0.6) is 0 Å². The highest BCUT2D eigenvalue weighted by Crippen LogP contribution is 2.40. The fourth-order valence-corrected chi connectivity index (χ4v) is 3.69. The van der Waals surface area contributed by atoms with Gasteiger partial charge in [-0.15, -0.1) is 24.8 Å². The number of amides is 1. The molecule has 2 aromatic rings. The third-order valence-electron chi connectivity index (χ3n) is 5.14. The molecule has 142 valence electrons. The lowest BCUT2D eigenvalue weighted by atomic mass is 9.91. The van der Waals surface area contributed by atoms with Gasteiger partial charge in [0, 0.05) is 34.1 Å². The Balaban J connectivity index is 0.00000121. The van der Waals surface area contributed by atoms with Crippen LogP contribution in [0.25, 0.3) is 10.9 Å². The fourth-order valence-electron chi connectivity index (χ4n) is 3.52. The Morgan fingerprint density at radius 3 is 2.42 bits per heavy atom. The van der Waals surface area contributed by atoms with Crippen molar-refractivity contribution in [3.8, 4) is 0 Å². The van der Waals surface area contributed by atoms with E-state index < -0.39 is 0 Å². The van der Waals surface area contributed by atoms with Crippen LogP contribution in [0.3, 0.4) is 0 Å². The molecular formula is C19H24Cl3N3O. The molecule has 0 saturated heterocycles. The zero-order chi connectivity index (χ0) is 16.7. The van der Waals surface area contributed by atoms with Crippen LogP contribution >= 0.6 is 36.4 Å². The van der Waals surface area contributed by atoms with Crippen molar-refractivity contribution in [1.29, 1.82) is 0 Å². The smallest absolute Gasteiger partial charge is 0.252 e. The molecule has 0 radical (unpaired) electrons. The summed E-state index contributed by atoms with van der Waals surface area (Å²) >= 11 is 6.14. The first-order valence-corrected chi connectivity index (χ1v) is 9.14. The normalized spacial score (nSPS) is 22.2. The lowest BCUT2D eigenvalue weighted by Gasteiger charge is -2.27. The third kappa shape index (κ3) is 4.61. The van der Waals surface area contributed by atoms with Gasteiger partial charge in [-0.05, 0) is 62.8 Å². The maximum Gasteiger partial charge on any atom is 0.252 e. The molecule has 2 aliphatic rings. The molecule has 1 amide bonds. The number of nitrogens with zero attached hydrogens (tertiary/aromatic N) is 1. The molecule has 2 aliphatic carbocycles. The van der Waals surface area contributed by atoms with Crippen molar-refractivity contribution in [2.75, 3.05) is 0 Å². The van der Waals surface area contributed by atoms with Crippen LogP contribution in [-0.2, 0) is 0 Å². The van der Waals surface area contributed by atoms with Gasteiger partial charge >= 0.3 is 0 Å². The van der Waals surface area contributed by atoms with Crippen LogP contribution in [0, 0.1) is 0 Å². The van der Waals surface area contributed by atoms with Gasteiger partial charge in [0.05, 0.1) is 11.1 Å². The highest BCUT2D eigenvalue weighted by molar-refractivity contribution is 6.31. The lowest BCUT2D eigenvalue weighted by Crippen LogP contribution is -2.40. The second kappa shape index (κ2) is 8.75. The van der Waals surface area contributed by atoms with E-state index in [-0.39, 0.29) is 42.8 Å². The number of benzene rings is 1. The average Bonchev–Trinajstić information content (AvgIpc) is 3.41. The standard InChI is InChI=1S/C19H22ClN3O.2ClH/c20-12-3-8-17-15(9-12)16(10-18(23-17)11-1-2-11)19(24)22-14-6-4-13(21)5-7-14;;/h3,8-11,13-14H,1-2,4-7,21H2,(H,22,24);2*1H. The SMILES string of the molecule is Cl.Cl.NC1CCC(NC(=O)c2cc(C3CC3)nc3ccc(Cl)cc23)CC1. The number of rotatable bonds is 3. The van der Waals surface area contributed by atoms with E-state index in [4.69, 9.17) is 22.3 Å².